The quantitative estimate of drug-likeness (QED) is 0.491. The molecule has 0 aliphatic carbocycles. The lowest BCUT2D eigenvalue weighted by molar-refractivity contribution is -0.119. The summed E-state index contributed by atoms with van der Waals surface area (Å²) in [4.78, 5) is 21.7. The summed E-state index contributed by atoms with van der Waals surface area (Å²) in [6, 6.07) is 1.65. The maximum absolute atomic E-state index is 11.6. The van der Waals surface area contributed by atoms with E-state index in [4.69, 9.17) is 11.6 Å². The van der Waals surface area contributed by atoms with Crippen molar-refractivity contribution in [1.82, 2.24) is 15.3 Å². The second kappa shape index (κ2) is 7.43. The molecule has 0 aliphatic rings. The van der Waals surface area contributed by atoms with Gasteiger partial charge in [0.2, 0.25) is 5.91 Å². The van der Waals surface area contributed by atoms with Crippen molar-refractivity contribution in [1.29, 1.82) is 0 Å². The van der Waals surface area contributed by atoms with Crippen LogP contribution in [0, 0.1) is 0 Å². The van der Waals surface area contributed by atoms with E-state index in [1.54, 1.807) is 18.0 Å². The first-order valence-corrected chi connectivity index (χ1v) is 7.23. The fraction of sp³-hybridized carbons (Fsp3) is 0.545. The Morgan fingerprint density at radius 3 is 2.89 bits per heavy atom. The standard InChI is InChI=1S/C11H17ClN4OS/c1-4-5-13-10(17)7-16(2)9-6-8(12)14-11(15-9)18-3/h6H,4-5,7H2,1-3H3,(H,13,17). The summed E-state index contributed by atoms with van der Waals surface area (Å²) in [7, 11) is 1.80. The molecular formula is C11H17ClN4OS. The van der Waals surface area contributed by atoms with Crippen LogP contribution in [-0.4, -0.2) is 42.3 Å². The van der Waals surface area contributed by atoms with Crippen LogP contribution in [0.15, 0.2) is 11.2 Å². The number of amides is 1. The van der Waals surface area contributed by atoms with Gasteiger partial charge in [0.25, 0.3) is 0 Å². The number of anilines is 1. The van der Waals surface area contributed by atoms with Crippen molar-refractivity contribution in [3.8, 4) is 0 Å². The molecule has 0 spiro atoms. The molecule has 1 aromatic heterocycles. The van der Waals surface area contributed by atoms with Gasteiger partial charge in [0.15, 0.2) is 5.16 Å². The Balaban J connectivity index is 2.68. The van der Waals surface area contributed by atoms with Crippen LogP contribution in [0.5, 0.6) is 0 Å². The highest BCUT2D eigenvalue weighted by Crippen LogP contribution is 2.19. The lowest BCUT2D eigenvalue weighted by atomic mass is 10.4. The number of thioether (sulfide) groups is 1. The van der Waals surface area contributed by atoms with E-state index in [1.807, 2.05) is 13.2 Å². The van der Waals surface area contributed by atoms with Crippen LogP contribution in [0.3, 0.4) is 0 Å². The van der Waals surface area contributed by atoms with E-state index in [0.717, 1.165) is 6.42 Å². The van der Waals surface area contributed by atoms with E-state index in [-0.39, 0.29) is 12.5 Å². The molecule has 5 nitrogen and oxygen atoms in total. The topological polar surface area (TPSA) is 58.1 Å². The van der Waals surface area contributed by atoms with E-state index in [9.17, 15) is 4.79 Å². The zero-order valence-electron chi connectivity index (χ0n) is 10.7. The van der Waals surface area contributed by atoms with Gasteiger partial charge in [-0.1, -0.05) is 30.3 Å². The van der Waals surface area contributed by atoms with Crippen LogP contribution >= 0.6 is 23.4 Å². The van der Waals surface area contributed by atoms with E-state index in [1.165, 1.54) is 11.8 Å². The summed E-state index contributed by atoms with van der Waals surface area (Å²) >= 11 is 7.31. The lowest BCUT2D eigenvalue weighted by Crippen LogP contribution is -2.35. The molecular weight excluding hydrogens is 272 g/mol. The molecule has 18 heavy (non-hydrogen) atoms. The van der Waals surface area contributed by atoms with Gasteiger partial charge in [-0.15, -0.1) is 0 Å². The third kappa shape index (κ3) is 4.70. The van der Waals surface area contributed by atoms with E-state index in [0.29, 0.717) is 22.7 Å². The number of nitrogens with one attached hydrogen (secondary N) is 1. The minimum absolute atomic E-state index is 0.0280. The first-order valence-electron chi connectivity index (χ1n) is 5.63. The Morgan fingerprint density at radius 1 is 1.56 bits per heavy atom. The molecule has 7 heteroatoms. The number of hydrogen-bond acceptors (Lipinski definition) is 5. The van der Waals surface area contributed by atoms with Gasteiger partial charge >= 0.3 is 0 Å². The van der Waals surface area contributed by atoms with Gasteiger partial charge in [-0.3, -0.25) is 4.79 Å². The van der Waals surface area contributed by atoms with Gasteiger partial charge in [0.1, 0.15) is 11.0 Å². The van der Waals surface area contributed by atoms with Crippen molar-refractivity contribution in [3.63, 3.8) is 0 Å². The van der Waals surface area contributed by atoms with Crippen molar-refractivity contribution in [3.05, 3.63) is 11.2 Å². The maximum Gasteiger partial charge on any atom is 0.239 e. The zero-order valence-corrected chi connectivity index (χ0v) is 12.3. The van der Waals surface area contributed by atoms with Gasteiger partial charge in [0.05, 0.1) is 6.54 Å². The summed E-state index contributed by atoms with van der Waals surface area (Å²) < 4.78 is 0. The van der Waals surface area contributed by atoms with E-state index in [2.05, 4.69) is 15.3 Å². The largest absolute Gasteiger partial charge is 0.355 e. The summed E-state index contributed by atoms with van der Waals surface area (Å²) in [6.45, 7) is 2.95. The van der Waals surface area contributed by atoms with Crippen molar-refractivity contribution in [2.45, 2.75) is 18.5 Å². The summed E-state index contributed by atoms with van der Waals surface area (Å²) in [5, 5.41) is 3.79. The average molecular weight is 289 g/mol. The molecule has 0 atom stereocenters. The number of nitrogens with zero attached hydrogens (tertiary/aromatic N) is 3. The number of aromatic nitrogens is 2. The summed E-state index contributed by atoms with van der Waals surface area (Å²) in [5.74, 6) is 0.616. The van der Waals surface area contributed by atoms with Crippen LogP contribution in [0.2, 0.25) is 5.15 Å². The van der Waals surface area contributed by atoms with Crippen LogP contribution in [0.1, 0.15) is 13.3 Å². The molecule has 0 bridgehead atoms. The molecule has 0 aliphatic heterocycles. The summed E-state index contributed by atoms with van der Waals surface area (Å²) in [6.07, 6.45) is 2.80. The molecule has 1 N–H and O–H groups in total. The highest BCUT2D eigenvalue weighted by atomic mass is 35.5. The third-order valence-electron chi connectivity index (χ3n) is 2.19. The van der Waals surface area contributed by atoms with Crippen molar-refractivity contribution >= 4 is 35.1 Å². The minimum Gasteiger partial charge on any atom is -0.355 e. The number of likely N-dealkylation sites (N-methyl/N-ethyl adjacent to an activating group) is 1. The lowest BCUT2D eigenvalue weighted by Gasteiger charge is -2.18. The Morgan fingerprint density at radius 2 is 2.28 bits per heavy atom. The average Bonchev–Trinajstić information content (AvgIpc) is 2.35. The molecule has 0 radical (unpaired) electrons. The smallest absolute Gasteiger partial charge is 0.239 e. The predicted molar refractivity (Wildman–Crippen MR) is 75.4 cm³/mol. The molecule has 0 fully saturated rings. The number of halogens is 1. The van der Waals surface area contributed by atoms with Gasteiger partial charge < -0.3 is 10.2 Å². The molecule has 1 aromatic rings. The van der Waals surface area contributed by atoms with Crippen LogP contribution in [0.4, 0.5) is 5.82 Å². The fourth-order valence-corrected chi connectivity index (χ4v) is 1.89. The first kappa shape index (κ1) is 15.0. The molecule has 1 amide bonds. The second-order valence-electron chi connectivity index (χ2n) is 3.74. The Kier molecular flexibility index (Phi) is 6.21. The number of carbonyl (C=O) groups is 1. The van der Waals surface area contributed by atoms with Crippen molar-refractivity contribution in [2.75, 3.05) is 31.3 Å². The maximum atomic E-state index is 11.6. The van der Waals surface area contributed by atoms with Crippen LogP contribution < -0.4 is 10.2 Å². The molecule has 0 unspecified atom stereocenters. The Bertz CT molecular complexity index is 416. The molecule has 0 aromatic carbocycles. The molecule has 100 valence electrons. The summed E-state index contributed by atoms with van der Waals surface area (Å²) in [5.41, 5.74) is 0. The van der Waals surface area contributed by atoms with Gasteiger partial charge in [-0.2, -0.15) is 0 Å². The SMILES string of the molecule is CCCNC(=O)CN(C)c1cc(Cl)nc(SC)n1. The van der Waals surface area contributed by atoms with Gasteiger partial charge in [0, 0.05) is 19.7 Å². The second-order valence-corrected chi connectivity index (χ2v) is 4.90. The molecule has 0 saturated heterocycles. The molecule has 0 saturated carbocycles. The minimum atomic E-state index is -0.0280. The number of rotatable bonds is 6. The van der Waals surface area contributed by atoms with Crippen LogP contribution in [0.25, 0.3) is 0 Å². The van der Waals surface area contributed by atoms with E-state index >= 15 is 0 Å². The Hall–Kier alpha value is -1.01. The zero-order chi connectivity index (χ0) is 13.5. The first-order chi connectivity index (χ1) is 8.56. The fourth-order valence-electron chi connectivity index (χ4n) is 1.29. The van der Waals surface area contributed by atoms with Gasteiger partial charge in [-0.25, -0.2) is 9.97 Å². The normalized spacial score (nSPS) is 10.2. The number of carbonyl (C=O) groups excluding carboxylic acids is 1. The molecule has 1 rings (SSSR count). The van der Waals surface area contributed by atoms with E-state index < -0.39 is 0 Å². The monoisotopic (exact) mass is 288 g/mol. The van der Waals surface area contributed by atoms with Crippen LogP contribution in [-0.2, 0) is 4.79 Å². The number of hydrogen-bond donors (Lipinski definition) is 1. The highest BCUT2D eigenvalue weighted by Gasteiger charge is 2.10. The predicted octanol–water partition coefficient (Wildman–Crippen LogP) is 1.81. The third-order valence-corrected chi connectivity index (χ3v) is 2.93. The Labute approximate surface area is 116 Å². The van der Waals surface area contributed by atoms with Gasteiger partial charge in [-0.05, 0) is 12.7 Å². The highest BCUT2D eigenvalue weighted by molar-refractivity contribution is 7.98. The van der Waals surface area contributed by atoms with Crippen molar-refractivity contribution in [2.24, 2.45) is 0 Å². The molecule has 1 heterocycles. The van der Waals surface area contributed by atoms with Crippen molar-refractivity contribution < 1.29 is 4.79 Å².